The molecule has 0 radical (unpaired) electrons. The molecule has 156 valence electrons. The van der Waals surface area contributed by atoms with Crippen molar-refractivity contribution in [2.45, 2.75) is 70.3 Å². The molecule has 6 rings (SSSR count). The van der Waals surface area contributed by atoms with Gasteiger partial charge in [-0.2, -0.15) is 0 Å². The minimum Gasteiger partial charge on any atom is -0.353 e. The fourth-order valence-corrected chi connectivity index (χ4v) is 7.27. The van der Waals surface area contributed by atoms with Gasteiger partial charge in [0.15, 0.2) is 0 Å². The maximum atomic E-state index is 13.1. The van der Waals surface area contributed by atoms with E-state index in [1.807, 2.05) is 30.3 Å². The molecule has 0 aromatic heterocycles. The highest BCUT2D eigenvalue weighted by Gasteiger charge is 2.51. The molecular formula is C25H34N2O2. The highest BCUT2D eigenvalue weighted by Crippen LogP contribution is 2.61. The van der Waals surface area contributed by atoms with Gasteiger partial charge in [0.25, 0.3) is 0 Å². The second-order valence-corrected chi connectivity index (χ2v) is 10.5. The third-order valence-electron chi connectivity index (χ3n) is 8.11. The molecule has 4 nitrogen and oxygen atoms in total. The Morgan fingerprint density at radius 3 is 2.10 bits per heavy atom. The van der Waals surface area contributed by atoms with Crippen molar-refractivity contribution in [1.82, 2.24) is 10.2 Å². The van der Waals surface area contributed by atoms with E-state index in [9.17, 15) is 9.59 Å². The summed E-state index contributed by atoms with van der Waals surface area (Å²) in [5.41, 5.74) is 1.38. The van der Waals surface area contributed by atoms with Crippen molar-refractivity contribution < 1.29 is 9.59 Å². The smallest absolute Gasteiger partial charge is 0.224 e. The van der Waals surface area contributed by atoms with Crippen molar-refractivity contribution in [2.24, 2.45) is 23.2 Å². The van der Waals surface area contributed by atoms with E-state index in [2.05, 4.69) is 10.2 Å². The number of nitrogens with one attached hydrogen (secondary N) is 1. The molecule has 4 heteroatoms. The predicted molar refractivity (Wildman–Crippen MR) is 113 cm³/mol. The number of hydrogen-bond donors (Lipinski definition) is 1. The standard InChI is InChI=1S/C25H34N2O2/c28-23(13-18-4-2-1-3-5-18)26-22-6-8-27(9-7-22)24(29)17-25-14-19-10-20(15-25)12-21(11-19)16-25/h1-5,19-22H,6-17H2,(H,26,28). The van der Waals surface area contributed by atoms with Crippen molar-refractivity contribution in [1.29, 1.82) is 0 Å². The topological polar surface area (TPSA) is 49.4 Å². The van der Waals surface area contributed by atoms with E-state index < -0.39 is 0 Å². The molecule has 5 aliphatic rings. The zero-order chi connectivity index (χ0) is 19.8. The quantitative estimate of drug-likeness (QED) is 0.822. The van der Waals surface area contributed by atoms with Crippen LogP contribution in [0.1, 0.15) is 63.4 Å². The van der Waals surface area contributed by atoms with Gasteiger partial charge in [-0.05, 0) is 80.1 Å². The first-order valence-electron chi connectivity index (χ1n) is 11.7. The van der Waals surface area contributed by atoms with Crippen molar-refractivity contribution in [2.75, 3.05) is 13.1 Å². The number of nitrogens with zero attached hydrogens (tertiary/aromatic N) is 1. The lowest BCUT2D eigenvalue weighted by atomic mass is 9.49. The van der Waals surface area contributed by atoms with Crippen molar-refractivity contribution in [3.8, 4) is 0 Å². The van der Waals surface area contributed by atoms with Crippen LogP contribution < -0.4 is 5.32 Å². The number of carbonyl (C=O) groups is 2. The Kier molecular flexibility index (Phi) is 5.13. The zero-order valence-corrected chi connectivity index (χ0v) is 17.4. The number of benzene rings is 1. The van der Waals surface area contributed by atoms with Crippen molar-refractivity contribution >= 4 is 11.8 Å². The van der Waals surface area contributed by atoms with Crippen LogP contribution in [-0.2, 0) is 16.0 Å². The summed E-state index contributed by atoms with van der Waals surface area (Å²) in [6, 6.07) is 10.1. The Morgan fingerprint density at radius 1 is 0.931 bits per heavy atom. The zero-order valence-electron chi connectivity index (χ0n) is 17.4. The summed E-state index contributed by atoms with van der Waals surface area (Å²) in [6.45, 7) is 1.59. The summed E-state index contributed by atoms with van der Waals surface area (Å²) in [5.74, 6) is 3.18. The van der Waals surface area contributed by atoms with Gasteiger partial charge in [-0.3, -0.25) is 9.59 Å². The van der Waals surface area contributed by atoms with Gasteiger partial charge in [-0.15, -0.1) is 0 Å². The van der Waals surface area contributed by atoms with Gasteiger partial charge in [0.1, 0.15) is 0 Å². The molecule has 4 saturated carbocycles. The Hall–Kier alpha value is -1.84. The minimum atomic E-state index is 0.0922. The number of likely N-dealkylation sites (tertiary alicyclic amines) is 1. The second-order valence-electron chi connectivity index (χ2n) is 10.5. The summed E-state index contributed by atoms with van der Waals surface area (Å²) in [7, 11) is 0. The Bertz CT molecular complexity index is 716. The number of amides is 2. The van der Waals surface area contributed by atoms with Crippen LogP contribution in [0.5, 0.6) is 0 Å². The van der Waals surface area contributed by atoms with E-state index in [-0.39, 0.29) is 11.9 Å². The van der Waals surface area contributed by atoms with Gasteiger partial charge < -0.3 is 10.2 Å². The summed E-state index contributed by atoms with van der Waals surface area (Å²) in [4.78, 5) is 27.5. The van der Waals surface area contributed by atoms with Gasteiger partial charge in [-0.25, -0.2) is 0 Å². The largest absolute Gasteiger partial charge is 0.353 e. The molecule has 2 amide bonds. The summed E-state index contributed by atoms with van der Waals surface area (Å²) in [5, 5.41) is 3.18. The maximum Gasteiger partial charge on any atom is 0.224 e. The third kappa shape index (κ3) is 4.22. The van der Waals surface area contributed by atoms with Crippen molar-refractivity contribution in [3.63, 3.8) is 0 Å². The first-order valence-corrected chi connectivity index (χ1v) is 11.7. The lowest BCUT2D eigenvalue weighted by molar-refractivity contribution is -0.140. The van der Waals surface area contributed by atoms with Crippen LogP contribution in [0, 0.1) is 23.2 Å². The number of piperidine rings is 1. The third-order valence-corrected chi connectivity index (χ3v) is 8.11. The first-order chi connectivity index (χ1) is 14.1. The van der Waals surface area contributed by atoms with E-state index in [1.54, 1.807) is 0 Å². The molecule has 1 saturated heterocycles. The molecule has 0 atom stereocenters. The summed E-state index contributed by atoms with van der Waals surface area (Å²) < 4.78 is 0. The molecule has 1 N–H and O–H groups in total. The van der Waals surface area contributed by atoms with Crippen LogP contribution in [0.15, 0.2) is 30.3 Å². The van der Waals surface area contributed by atoms with Crippen LogP contribution in [0.25, 0.3) is 0 Å². The van der Waals surface area contributed by atoms with E-state index in [0.717, 1.165) is 55.7 Å². The molecular weight excluding hydrogens is 360 g/mol. The van der Waals surface area contributed by atoms with E-state index in [1.165, 1.54) is 38.5 Å². The maximum absolute atomic E-state index is 13.1. The Balaban J connectivity index is 1.09. The van der Waals surface area contributed by atoms with Crippen LogP contribution in [0.2, 0.25) is 0 Å². The van der Waals surface area contributed by atoms with Gasteiger partial charge in [0.2, 0.25) is 11.8 Å². The molecule has 5 fully saturated rings. The number of rotatable bonds is 5. The van der Waals surface area contributed by atoms with Crippen LogP contribution >= 0.6 is 0 Å². The molecule has 1 aromatic rings. The number of hydrogen-bond acceptors (Lipinski definition) is 2. The van der Waals surface area contributed by atoms with Crippen LogP contribution in [0.4, 0.5) is 0 Å². The fourth-order valence-electron chi connectivity index (χ4n) is 7.27. The van der Waals surface area contributed by atoms with Gasteiger partial charge in [0, 0.05) is 25.6 Å². The highest BCUT2D eigenvalue weighted by molar-refractivity contribution is 5.79. The normalized spacial score (nSPS) is 33.7. The minimum absolute atomic E-state index is 0.0922. The monoisotopic (exact) mass is 394 g/mol. The lowest BCUT2D eigenvalue weighted by Gasteiger charge is -2.57. The Labute approximate surface area is 174 Å². The average molecular weight is 395 g/mol. The van der Waals surface area contributed by atoms with Crippen molar-refractivity contribution in [3.05, 3.63) is 35.9 Å². The van der Waals surface area contributed by atoms with Crippen LogP contribution in [0.3, 0.4) is 0 Å². The molecule has 1 heterocycles. The first kappa shape index (κ1) is 19.1. The molecule has 1 aliphatic heterocycles. The van der Waals surface area contributed by atoms with Gasteiger partial charge in [-0.1, -0.05) is 30.3 Å². The second kappa shape index (κ2) is 7.77. The van der Waals surface area contributed by atoms with E-state index in [4.69, 9.17) is 0 Å². The SMILES string of the molecule is O=C(Cc1ccccc1)NC1CCN(C(=O)CC23CC4CC(CC(C4)C2)C3)CC1. The fraction of sp³-hybridized carbons (Fsp3) is 0.680. The molecule has 4 aliphatic carbocycles. The van der Waals surface area contributed by atoms with E-state index >= 15 is 0 Å². The number of carbonyl (C=O) groups excluding carboxylic acids is 2. The summed E-state index contributed by atoms with van der Waals surface area (Å²) >= 11 is 0. The van der Waals surface area contributed by atoms with Crippen LogP contribution in [-0.4, -0.2) is 35.8 Å². The van der Waals surface area contributed by atoms with Gasteiger partial charge >= 0.3 is 0 Å². The lowest BCUT2D eigenvalue weighted by Crippen LogP contribution is -2.50. The molecule has 29 heavy (non-hydrogen) atoms. The van der Waals surface area contributed by atoms with E-state index in [0.29, 0.717) is 17.7 Å². The predicted octanol–water partition coefficient (Wildman–Crippen LogP) is 3.94. The van der Waals surface area contributed by atoms with Gasteiger partial charge in [0.05, 0.1) is 6.42 Å². The molecule has 0 unspecified atom stereocenters. The molecule has 1 aromatic carbocycles. The molecule has 4 bridgehead atoms. The highest BCUT2D eigenvalue weighted by atomic mass is 16.2. The Morgan fingerprint density at radius 2 is 1.52 bits per heavy atom. The average Bonchev–Trinajstić information content (AvgIpc) is 2.68. The summed E-state index contributed by atoms with van der Waals surface area (Å²) in [6.07, 6.45) is 11.2. The molecule has 0 spiro atoms.